The smallest absolute Gasteiger partial charge is 0.239 e. The van der Waals surface area contributed by atoms with Crippen LogP contribution in [-0.2, 0) is 11.3 Å². The Bertz CT molecular complexity index is 516. The van der Waals surface area contributed by atoms with Crippen LogP contribution in [0.3, 0.4) is 0 Å². The Morgan fingerprint density at radius 1 is 1.43 bits per heavy atom. The molecule has 4 nitrogen and oxygen atoms in total. The zero-order valence-corrected chi connectivity index (χ0v) is 12.5. The lowest BCUT2D eigenvalue weighted by atomic mass is 10.2. The molecule has 0 saturated carbocycles. The Labute approximate surface area is 126 Å². The molecule has 2 rings (SSSR count). The molecule has 0 spiro atoms. The molecule has 1 heterocycles. The van der Waals surface area contributed by atoms with Crippen LogP contribution >= 0.6 is 0 Å². The summed E-state index contributed by atoms with van der Waals surface area (Å²) in [5, 5.41) is 3.27. The first-order valence-corrected chi connectivity index (χ1v) is 7.38. The molecule has 1 unspecified atom stereocenters. The number of carbonyl (C=O) groups is 1. The first kappa shape index (κ1) is 15.4. The molecule has 0 bridgehead atoms. The molecule has 1 aromatic carbocycles. The summed E-state index contributed by atoms with van der Waals surface area (Å²) in [6.07, 6.45) is 7.44. The number of terminal acetylenes is 1. The summed E-state index contributed by atoms with van der Waals surface area (Å²) in [6.45, 7) is 4.51. The first-order valence-electron chi connectivity index (χ1n) is 7.38. The third-order valence-electron chi connectivity index (χ3n) is 3.67. The predicted octanol–water partition coefficient (Wildman–Crippen LogP) is 1.80. The number of benzene rings is 1. The lowest BCUT2D eigenvalue weighted by molar-refractivity contribution is -0.131. The van der Waals surface area contributed by atoms with Gasteiger partial charge in [-0.3, -0.25) is 4.79 Å². The molecule has 4 heteroatoms. The molecule has 0 aromatic heterocycles. The van der Waals surface area contributed by atoms with Crippen LogP contribution in [-0.4, -0.2) is 36.5 Å². The zero-order valence-electron chi connectivity index (χ0n) is 12.5. The van der Waals surface area contributed by atoms with Gasteiger partial charge >= 0.3 is 0 Å². The van der Waals surface area contributed by atoms with Crippen molar-refractivity contribution >= 4 is 5.91 Å². The molecule has 1 fully saturated rings. The van der Waals surface area contributed by atoms with Gasteiger partial charge in [0.2, 0.25) is 5.91 Å². The summed E-state index contributed by atoms with van der Waals surface area (Å²) in [7, 11) is 0. The molecular weight excluding hydrogens is 264 g/mol. The first-order chi connectivity index (χ1) is 10.2. The van der Waals surface area contributed by atoms with Crippen LogP contribution in [0.5, 0.6) is 5.75 Å². The topological polar surface area (TPSA) is 41.6 Å². The second-order valence-electron chi connectivity index (χ2n) is 5.24. The van der Waals surface area contributed by atoms with Crippen LogP contribution < -0.4 is 10.1 Å². The monoisotopic (exact) mass is 286 g/mol. The fourth-order valence-corrected chi connectivity index (χ4v) is 2.47. The van der Waals surface area contributed by atoms with Gasteiger partial charge in [0.1, 0.15) is 12.4 Å². The van der Waals surface area contributed by atoms with Crippen molar-refractivity contribution in [3.63, 3.8) is 0 Å². The third kappa shape index (κ3) is 4.24. The average Bonchev–Trinajstić information content (AvgIpc) is 3.05. The Morgan fingerprint density at radius 2 is 2.14 bits per heavy atom. The second kappa shape index (κ2) is 7.70. The average molecular weight is 286 g/mol. The van der Waals surface area contributed by atoms with Crippen LogP contribution in [0.15, 0.2) is 24.3 Å². The highest BCUT2D eigenvalue weighted by molar-refractivity contribution is 5.81. The number of para-hydroxylation sites is 1. The van der Waals surface area contributed by atoms with Crippen LogP contribution in [0.1, 0.15) is 25.3 Å². The number of carbonyl (C=O) groups excluding carboxylic acids is 1. The van der Waals surface area contributed by atoms with Crippen LogP contribution in [0, 0.1) is 12.3 Å². The van der Waals surface area contributed by atoms with E-state index in [0.717, 1.165) is 37.2 Å². The Balaban J connectivity index is 1.90. The van der Waals surface area contributed by atoms with Crippen LogP contribution in [0.2, 0.25) is 0 Å². The highest BCUT2D eigenvalue weighted by Crippen LogP contribution is 2.18. The number of ether oxygens (including phenoxy) is 1. The molecule has 1 atom stereocenters. The second-order valence-corrected chi connectivity index (χ2v) is 5.24. The molecule has 1 aromatic rings. The standard InChI is InChI=1S/C17H22N2O2/c1-3-12-21-16-9-5-4-8-15(16)13-18-14(2)17(20)19-10-6-7-11-19/h1,4-5,8-9,14,18H,6-7,10-13H2,2H3. The van der Waals surface area contributed by atoms with E-state index < -0.39 is 0 Å². The molecule has 1 N–H and O–H groups in total. The maximum absolute atomic E-state index is 12.2. The zero-order chi connectivity index (χ0) is 15.1. The Kier molecular flexibility index (Phi) is 5.65. The third-order valence-corrected chi connectivity index (χ3v) is 3.67. The number of hydrogen-bond donors (Lipinski definition) is 1. The minimum atomic E-state index is -0.191. The molecule has 1 amide bonds. The van der Waals surface area contributed by atoms with Crippen molar-refractivity contribution < 1.29 is 9.53 Å². The summed E-state index contributed by atoms with van der Waals surface area (Å²) in [4.78, 5) is 14.2. The Morgan fingerprint density at radius 3 is 2.86 bits per heavy atom. The van der Waals surface area contributed by atoms with E-state index in [9.17, 15) is 4.79 Å². The molecule has 112 valence electrons. The predicted molar refractivity (Wildman–Crippen MR) is 82.9 cm³/mol. The van der Waals surface area contributed by atoms with E-state index in [1.807, 2.05) is 36.1 Å². The van der Waals surface area contributed by atoms with E-state index in [-0.39, 0.29) is 18.6 Å². The van der Waals surface area contributed by atoms with Crippen molar-refractivity contribution in [1.29, 1.82) is 0 Å². The highest BCUT2D eigenvalue weighted by Gasteiger charge is 2.22. The lowest BCUT2D eigenvalue weighted by Crippen LogP contribution is -2.43. The maximum Gasteiger partial charge on any atom is 0.239 e. The molecule has 21 heavy (non-hydrogen) atoms. The molecule has 1 aliphatic heterocycles. The molecular formula is C17H22N2O2. The van der Waals surface area contributed by atoms with Gasteiger partial charge in [-0.25, -0.2) is 0 Å². The molecule has 1 aliphatic rings. The number of hydrogen-bond acceptors (Lipinski definition) is 3. The van der Waals surface area contributed by atoms with Crippen LogP contribution in [0.25, 0.3) is 0 Å². The number of nitrogens with zero attached hydrogens (tertiary/aromatic N) is 1. The van der Waals surface area contributed by atoms with Crippen molar-refractivity contribution in [2.24, 2.45) is 0 Å². The van der Waals surface area contributed by atoms with Crippen molar-refractivity contribution in [3.05, 3.63) is 29.8 Å². The van der Waals surface area contributed by atoms with Crippen molar-refractivity contribution in [2.45, 2.75) is 32.4 Å². The van der Waals surface area contributed by atoms with E-state index in [1.165, 1.54) is 0 Å². The normalized spacial score (nSPS) is 15.5. The summed E-state index contributed by atoms with van der Waals surface area (Å²) in [6, 6.07) is 7.54. The van der Waals surface area contributed by atoms with E-state index >= 15 is 0 Å². The van der Waals surface area contributed by atoms with Crippen molar-refractivity contribution in [2.75, 3.05) is 19.7 Å². The van der Waals surface area contributed by atoms with E-state index in [4.69, 9.17) is 11.2 Å². The van der Waals surface area contributed by atoms with Gasteiger partial charge in [-0.1, -0.05) is 24.1 Å². The van der Waals surface area contributed by atoms with Crippen LogP contribution in [0.4, 0.5) is 0 Å². The molecule has 0 radical (unpaired) electrons. The molecule has 1 saturated heterocycles. The van der Waals surface area contributed by atoms with Gasteiger partial charge in [0, 0.05) is 25.2 Å². The minimum Gasteiger partial charge on any atom is -0.481 e. The van der Waals surface area contributed by atoms with Gasteiger partial charge in [0.15, 0.2) is 0 Å². The minimum absolute atomic E-state index is 0.175. The fourth-order valence-electron chi connectivity index (χ4n) is 2.47. The van der Waals surface area contributed by atoms with Gasteiger partial charge in [-0.2, -0.15) is 0 Å². The number of rotatable bonds is 6. The van der Waals surface area contributed by atoms with E-state index in [2.05, 4.69) is 11.2 Å². The lowest BCUT2D eigenvalue weighted by Gasteiger charge is -2.21. The SMILES string of the molecule is C#CCOc1ccccc1CNC(C)C(=O)N1CCCC1. The Hall–Kier alpha value is -1.99. The number of amides is 1. The fraction of sp³-hybridized carbons (Fsp3) is 0.471. The summed E-state index contributed by atoms with van der Waals surface area (Å²) < 4.78 is 5.51. The number of likely N-dealkylation sites (tertiary alicyclic amines) is 1. The van der Waals surface area contributed by atoms with E-state index in [1.54, 1.807) is 0 Å². The number of nitrogens with one attached hydrogen (secondary N) is 1. The quantitative estimate of drug-likeness (QED) is 0.811. The van der Waals surface area contributed by atoms with Gasteiger partial charge in [0.05, 0.1) is 6.04 Å². The van der Waals surface area contributed by atoms with Crippen molar-refractivity contribution in [3.8, 4) is 18.1 Å². The largest absolute Gasteiger partial charge is 0.481 e. The summed E-state index contributed by atoms with van der Waals surface area (Å²) >= 11 is 0. The summed E-state index contributed by atoms with van der Waals surface area (Å²) in [5.41, 5.74) is 1.01. The van der Waals surface area contributed by atoms with Crippen molar-refractivity contribution in [1.82, 2.24) is 10.2 Å². The van der Waals surface area contributed by atoms with Gasteiger partial charge < -0.3 is 15.0 Å². The molecule has 0 aliphatic carbocycles. The highest BCUT2D eigenvalue weighted by atomic mass is 16.5. The van der Waals surface area contributed by atoms with E-state index in [0.29, 0.717) is 6.54 Å². The maximum atomic E-state index is 12.2. The summed E-state index contributed by atoms with van der Waals surface area (Å²) in [5.74, 6) is 3.40. The van der Waals surface area contributed by atoms with Gasteiger partial charge in [-0.15, -0.1) is 6.42 Å². The van der Waals surface area contributed by atoms with Gasteiger partial charge in [0.25, 0.3) is 0 Å². The van der Waals surface area contributed by atoms with Gasteiger partial charge in [-0.05, 0) is 25.8 Å².